The van der Waals surface area contributed by atoms with Crippen LogP contribution in [0.1, 0.15) is 35.2 Å². The van der Waals surface area contributed by atoms with Crippen molar-refractivity contribution in [3.8, 4) is 0 Å². The molecule has 2 rings (SSSR count). The van der Waals surface area contributed by atoms with Gasteiger partial charge < -0.3 is 14.5 Å². The fourth-order valence-corrected chi connectivity index (χ4v) is 3.10. The van der Waals surface area contributed by atoms with Crippen LogP contribution in [0, 0.1) is 5.92 Å². The molecule has 0 unspecified atom stereocenters. The molecule has 0 N–H and O–H groups in total. The molecule has 2 amide bonds. The fraction of sp³-hybridized carbons (Fsp3) is 0.526. The summed E-state index contributed by atoms with van der Waals surface area (Å²) in [7, 11) is 2.90. The van der Waals surface area contributed by atoms with Crippen molar-refractivity contribution in [1.82, 2.24) is 9.80 Å². The van der Waals surface area contributed by atoms with Crippen LogP contribution in [0.2, 0.25) is 0 Å². The summed E-state index contributed by atoms with van der Waals surface area (Å²) in [6.07, 6.45) is -3.40. The third-order valence-corrected chi connectivity index (χ3v) is 4.85. The van der Waals surface area contributed by atoms with Crippen LogP contribution in [0.25, 0.3) is 0 Å². The number of carbonyl (C=O) groups is 3. The normalized spacial score (nSPS) is 15.2. The summed E-state index contributed by atoms with van der Waals surface area (Å²) in [6.45, 7) is 0.957. The molecule has 154 valence electrons. The quantitative estimate of drug-likeness (QED) is 0.713. The molecule has 0 saturated carbocycles. The lowest BCUT2D eigenvalue weighted by molar-refractivity contribution is -0.142. The Balaban J connectivity index is 1.88. The van der Waals surface area contributed by atoms with Gasteiger partial charge >= 0.3 is 12.1 Å². The zero-order valence-corrected chi connectivity index (χ0v) is 15.8. The van der Waals surface area contributed by atoms with E-state index < -0.39 is 17.7 Å². The number of halogens is 3. The summed E-state index contributed by atoms with van der Waals surface area (Å²) in [5, 5.41) is 0. The highest BCUT2D eigenvalue weighted by molar-refractivity contribution is 5.94. The molecule has 6 nitrogen and oxygen atoms in total. The van der Waals surface area contributed by atoms with Gasteiger partial charge in [-0.25, -0.2) is 0 Å². The molecule has 1 saturated heterocycles. The molecule has 0 aliphatic carbocycles. The second-order valence-electron chi connectivity index (χ2n) is 6.73. The van der Waals surface area contributed by atoms with Crippen LogP contribution in [-0.2, 0) is 20.5 Å². The first-order chi connectivity index (χ1) is 13.1. The summed E-state index contributed by atoms with van der Waals surface area (Å²) in [5.41, 5.74) is -0.615. The number of esters is 1. The van der Waals surface area contributed by atoms with E-state index >= 15 is 0 Å². The molecule has 1 heterocycles. The number of amides is 2. The Morgan fingerprint density at radius 2 is 1.71 bits per heavy atom. The first-order valence-electron chi connectivity index (χ1n) is 8.91. The summed E-state index contributed by atoms with van der Waals surface area (Å²) in [5.74, 6) is -1.08. The van der Waals surface area contributed by atoms with Gasteiger partial charge in [-0.15, -0.1) is 0 Å². The van der Waals surface area contributed by atoms with Gasteiger partial charge in [0.25, 0.3) is 5.91 Å². The summed E-state index contributed by atoms with van der Waals surface area (Å²) in [4.78, 5) is 39.1. The zero-order valence-electron chi connectivity index (χ0n) is 15.8. The highest BCUT2D eigenvalue weighted by Crippen LogP contribution is 2.29. The van der Waals surface area contributed by atoms with Gasteiger partial charge in [-0.2, -0.15) is 13.2 Å². The number of hydrogen-bond acceptors (Lipinski definition) is 4. The van der Waals surface area contributed by atoms with Crippen LogP contribution < -0.4 is 0 Å². The minimum absolute atomic E-state index is 0.0921. The van der Waals surface area contributed by atoms with Crippen molar-refractivity contribution in [2.24, 2.45) is 5.92 Å². The van der Waals surface area contributed by atoms with E-state index in [0.717, 1.165) is 12.1 Å². The average molecular weight is 400 g/mol. The third kappa shape index (κ3) is 5.46. The second kappa shape index (κ2) is 9.07. The molecule has 0 spiro atoms. The number of nitrogens with zero attached hydrogens (tertiary/aromatic N) is 2. The number of methoxy groups -OCH3 is 1. The van der Waals surface area contributed by atoms with Gasteiger partial charge in [0.05, 0.1) is 19.1 Å². The third-order valence-electron chi connectivity index (χ3n) is 4.85. The van der Waals surface area contributed by atoms with Crippen molar-refractivity contribution < 1.29 is 32.3 Å². The molecule has 1 aliphatic heterocycles. The Labute approximate surface area is 161 Å². The Morgan fingerprint density at radius 3 is 2.21 bits per heavy atom. The van der Waals surface area contributed by atoms with Crippen LogP contribution in [0.3, 0.4) is 0 Å². The van der Waals surface area contributed by atoms with Crippen LogP contribution in [0.5, 0.6) is 0 Å². The van der Waals surface area contributed by atoms with Gasteiger partial charge in [0.2, 0.25) is 5.91 Å². The topological polar surface area (TPSA) is 66.9 Å². The smallest absolute Gasteiger partial charge is 0.416 e. The highest BCUT2D eigenvalue weighted by Gasteiger charge is 2.32. The van der Waals surface area contributed by atoms with Crippen molar-refractivity contribution in [3.05, 3.63) is 35.4 Å². The minimum atomic E-state index is -4.44. The average Bonchev–Trinajstić information content (AvgIpc) is 2.70. The standard InChI is InChI=1S/C19H23F3N2O4/c1-23(10-9-16(25)28-2)17(26)14-7-11-24(12-8-14)18(27)13-3-5-15(6-4-13)19(20,21)22/h3-6,14H,7-12H2,1-2H3. The van der Waals surface area contributed by atoms with Crippen LogP contribution in [0.15, 0.2) is 24.3 Å². The zero-order chi connectivity index (χ0) is 20.9. The molecule has 1 aromatic rings. The molecule has 0 atom stereocenters. The monoisotopic (exact) mass is 400 g/mol. The van der Waals surface area contributed by atoms with E-state index in [9.17, 15) is 27.6 Å². The second-order valence-corrected chi connectivity index (χ2v) is 6.73. The molecule has 9 heteroatoms. The van der Waals surface area contributed by atoms with E-state index in [-0.39, 0.29) is 36.3 Å². The number of carbonyl (C=O) groups excluding carboxylic acids is 3. The number of ether oxygens (including phenoxy) is 1. The van der Waals surface area contributed by atoms with Gasteiger partial charge in [-0.1, -0.05) is 0 Å². The molecular weight excluding hydrogens is 377 g/mol. The minimum Gasteiger partial charge on any atom is -0.469 e. The summed E-state index contributed by atoms with van der Waals surface area (Å²) >= 11 is 0. The van der Waals surface area contributed by atoms with Crippen molar-refractivity contribution in [3.63, 3.8) is 0 Å². The van der Waals surface area contributed by atoms with Crippen molar-refractivity contribution >= 4 is 17.8 Å². The Morgan fingerprint density at radius 1 is 1.14 bits per heavy atom. The van der Waals surface area contributed by atoms with E-state index in [1.54, 1.807) is 11.9 Å². The van der Waals surface area contributed by atoms with E-state index in [0.29, 0.717) is 25.9 Å². The van der Waals surface area contributed by atoms with Gasteiger partial charge in [0, 0.05) is 38.2 Å². The Kier molecular flexibility index (Phi) is 7.04. The lowest BCUT2D eigenvalue weighted by Gasteiger charge is -2.33. The molecular formula is C19H23F3N2O4. The molecule has 1 fully saturated rings. The molecule has 1 aromatic carbocycles. The van der Waals surface area contributed by atoms with Crippen molar-refractivity contribution in [2.45, 2.75) is 25.4 Å². The van der Waals surface area contributed by atoms with Crippen LogP contribution in [-0.4, -0.2) is 61.4 Å². The number of piperidine rings is 1. The molecule has 1 aliphatic rings. The van der Waals surface area contributed by atoms with Crippen molar-refractivity contribution in [1.29, 1.82) is 0 Å². The number of hydrogen-bond donors (Lipinski definition) is 0. The number of rotatable bonds is 5. The maximum atomic E-state index is 12.6. The van der Waals surface area contributed by atoms with Gasteiger partial charge in [-0.05, 0) is 37.1 Å². The lowest BCUT2D eigenvalue weighted by Crippen LogP contribution is -2.43. The predicted octanol–water partition coefficient (Wildman–Crippen LogP) is 2.58. The van der Waals surface area contributed by atoms with Gasteiger partial charge in [-0.3, -0.25) is 14.4 Å². The van der Waals surface area contributed by atoms with Crippen LogP contribution >= 0.6 is 0 Å². The van der Waals surface area contributed by atoms with E-state index in [1.165, 1.54) is 24.1 Å². The highest BCUT2D eigenvalue weighted by atomic mass is 19.4. The fourth-order valence-electron chi connectivity index (χ4n) is 3.10. The number of likely N-dealkylation sites (tertiary alicyclic amines) is 1. The molecule has 28 heavy (non-hydrogen) atoms. The van der Waals surface area contributed by atoms with E-state index in [2.05, 4.69) is 4.74 Å². The Hall–Kier alpha value is -2.58. The number of alkyl halides is 3. The van der Waals surface area contributed by atoms with Crippen LogP contribution in [0.4, 0.5) is 13.2 Å². The summed E-state index contributed by atoms with van der Waals surface area (Å²) in [6, 6.07) is 4.12. The number of benzene rings is 1. The molecule has 0 radical (unpaired) electrons. The van der Waals surface area contributed by atoms with Crippen molar-refractivity contribution in [2.75, 3.05) is 33.8 Å². The molecule has 0 bridgehead atoms. The Bertz CT molecular complexity index is 711. The summed E-state index contributed by atoms with van der Waals surface area (Å²) < 4.78 is 42.4. The van der Waals surface area contributed by atoms with E-state index in [4.69, 9.17) is 0 Å². The molecule has 0 aromatic heterocycles. The first kappa shape index (κ1) is 21.7. The largest absolute Gasteiger partial charge is 0.469 e. The first-order valence-corrected chi connectivity index (χ1v) is 8.91. The predicted molar refractivity (Wildman–Crippen MR) is 94.3 cm³/mol. The van der Waals surface area contributed by atoms with E-state index in [1.807, 2.05) is 0 Å². The SMILES string of the molecule is COC(=O)CCN(C)C(=O)C1CCN(C(=O)c2ccc(C(F)(F)F)cc2)CC1. The maximum Gasteiger partial charge on any atom is 0.416 e. The van der Waals surface area contributed by atoms with Gasteiger partial charge in [0.15, 0.2) is 0 Å². The maximum absolute atomic E-state index is 12.6. The lowest BCUT2D eigenvalue weighted by atomic mass is 9.94. The van der Waals surface area contributed by atoms with Gasteiger partial charge in [0.1, 0.15) is 0 Å².